The molecule has 1 aromatic carbocycles. The number of piperidine rings is 1. The molecule has 0 aliphatic carbocycles. The zero-order valence-corrected chi connectivity index (χ0v) is 15.5. The quantitative estimate of drug-likeness (QED) is 0.805. The second kappa shape index (κ2) is 8.99. The Labute approximate surface area is 153 Å². The lowest BCUT2D eigenvalue weighted by molar-refractivity contribution is -0.116. The lowest BCUT2D eigenvalue weighted by Crippen LogP contribution is -2.49. The number of nitrogens with zero attached hydrogens (tertiary/aromatic N) is 1. The molecule has 26 heavy (non-hydrogen) atoms. The van der Waals surface area contributed by atoms with Crippen molar-refractivity contribution in [2.24, 2.45) is 0 Å². The van der Waals surface area contributed by atoms with Crippen molar-refractivity contribution >= 4 is 11.8 Å². The van der Waals surface area contributed by atoms with Gasteiger partial charge in [0.05, 0.1) is 21.3 Å². The van der Waals surface area contributed by atoms with E-state index in [0.717, 1.165) is 12.8 Å². The van der Waals surface area contributed by atoms with Crippen molar-refractivity contribution in [2.45, 2.75) is 25.8 Å². The first-order chi connectivity index (χ1) is 12.5. The Hall–Kier alpha value is -2.88. The fraction of sp³-hybridized carbons (Fsp3) is 0.474. The molecule has 140 valence electrons. The average molecular weight is 360 g/mol. The van der Waals surface area contributed by atoms with Crippen LogP contribution in [0.5, 0.6) is 17.2 Å². The lowest BCUT2D eigenvalue weighted by Gasteiger charge is -2.33. The van der Waals surface area contributed by atoms with Gasteiger partial charge in [-0.15, -0.1) is 0 Å². The molecule has 1 aromatic rings. The molecule has 1 fully saturated rings. The van der Waals surface area contributed by atoms with Gasteiger partial charge in [-0.2, -0.15) is 0 Å². The maximum Gasteiger partial charge on any atom is 0.296 e. The van der Waals surface area contributed by atoms with Crippen molar-refractivity contribution in [2.75, 3.05) is 34.4 Å². The average Bonchev–Trinajstić information content (AvgIpc) is 2.66. The normalized spacial score (nSPS) is 16.2. The van der Waals surface area contributed by atoms with Crippen molar-refractivity contribution in [1.29, 1.82) is 0 Å². The SMILES string of the molecule is CC#CC(=O)NC1CCCN(C(=O)c2cc(OC)c(OC)c(OC)c2)C1. The third kappa shape index (κ3) is 4.39. The molecule has 0 radical (unpaired) electrons. The Bertz CT molecular complexity index is 710. The molecule has 7 nitrogen and oxygen atoms in total. The molecule has 7 heteroatoms. The van der Waals surface area contributed by atoms with Gasteiger partial charge in [0.1, 0.15) is 0 Å². The van der Waals surface area contributed by atoms with Crippen LogP contribution in [0.15, 0.2) is 12.1 Å². The summed E-state index contributed by atoms with van der Waals surface area (Å²) in [7, 11) is 4.53. The fourth-order valence-corrected chi connectivity index (χ4v) is 3.00. The van der Waals surface area contributed by atoms with Crippen molar-refractivity contribution in [3.63, 3.8) is 0 Å². The van der Waals surface area contributed by atoms with E-state index in [1.807, 2.05) is 0 Å². The molecular weight excluding hydrogens is 336 g/mol. The van der Waals surface area contributed by atoms with Crippen LogP contribution in [0.1, 0.15) is 30.1 Å². The van der Waals surface area contributed by atoms with E-state index < -0.39 is 0 Å². The van der Waals surface area contributed by atoms with Crippen molar-refractivity contribution in [1.82, 2.24) is 10.2 Å². The number of nitrogens with one attached hydrogen (secondary N) is 1. The summed E-state index contributed by atoms with van der Waals surface area (Å²) in [5.41, 5.74) is 0.444. The van der Waals surface area contributed by atoms with E-state index in [1.165, 1.54) is 21.3 Å². The predicted octanol–water partition coefficient (Wildman–Crippen LogP) is 1.46. The van der Waals surface area contributed by atoms with E-state index in [0.29, 0.717) is 35.9 Å². The molecule has 1 saturated heterocycles. The van der Waals surface area contributed by atoms with Crippen LogP contribution >= 0.6 is 0 Å². The molecule has 1 N–H and O–H groups in total. The molecule has 2 amide bonds. The standard InChI is InChI=1S/C19H24N2O5/c1-5-7-17(22)20-14-8-6-9-21(12-14)19(23)13-10-15(24-2)18(26-4)16(11-13)25-3/h10-11,14H,6,8-9,12H2,1-4H3,(H,20,22). The first-order valence-corrected chi connectivity index (χ1v) is 8.36. The van der Waals surface area contributed by atoms with Gasteiger partial charge < -0.3 is 24.4 Å². The van der Waals surface area contributed by atoms with Crippen molar-refractivity contribution in [3.05, 3.63) is 17.7 Å². The number of hydrogen-bond acceptors (Lipinski definition) is 5. The Morgan fingerprint density at radius 1 is 1.15 bits per heavy atom. The lowest BCUT2D eigenvalue weighted by atomic mass is 10.0. The zero-order chi connectivity index (χ0) is 19.1. The Morgan fingerprint density at radius 2 is 1.81 bits per heavy atom. The molecule has 0 bridgehead atoms. The van der Waals surface area contributed by atoms with E-state index in [-0.39, 0.29) is 17.9 Å². The van der Waals surface area contributed by atoms with Crippen LogP contribution < -0.4 is 19.5 Å². The summed E-state index contributed by atoms with van der Waals surface area (Å²) in [6.07, 6.45) is 1.62. The van der Waals surface area contributed by atoms with Gasteiger partial charge in [0.15, 0.2) is 11.5 Å². The minimum absolute atomic E-state index is 0.108. The second-order valence-electron chi connectivity index (χ2n) is 5.85. The van der Waals surface area contributed by atoms with E-state index in [1.54, 1.807) is 24.0 Å². The van der Waals surface area contributed by atoms with E-state index in [9.17, 15) is 9.59 Å². The van der Waals surface area contributed by atoms with Gasteiger partial charge in [-0.25, -0.2) is 0 Å². The number of likely N-dealkylation sites (tertiary alicyclic amines) is 1. The summed E-state index contributed by atoms with van der Waals surface area (Å²) >= 11 is 0. The first kappa shape index (κ1) is 19.4. The maximum absolute atomic E-state index is 12.9. The molecule has 1 heterocycles. The van der Waals surface area contributed by atoms with Crippen LogP contribution in [-0.4, -0.2) is 57.2 Å². The van der Waals surface area contributed by atoms with Gasteiger partial charge in [-0.3, -0.25) is 9.59 Å². The van der Waals surface area contributed by atoms with E-state index in [2.05, 4.69) is 17.2 Å². The third-order valence-corrected chi connectivity index (χ3v) is 4.19. The van der Waals surface area contributed by atoms with Gasteiger partial charge in [0, 0.05) is 24.7 Å². The summed E-state index contributed by atoms with van der Waals surface area (Å²) in [6.45, 7) is 2.68. The van der Waals surface area contributed by atoms with E-state index in [4.69, 9.17) is 14.2 Å². The molecule has 0 aromatic heterocycles. The summed E-state index contributed by atoms with van der Waals surface area (Å²) in [5.74, 6) is 5.85. The Kier molecular flexibility index (Phi) is 6.73. The smallest absolute Gasteiger partial charge is 0.296 e. The predicted molar refractivity (Wildman–Crippen MR) is 96.6 cm³/mol. The fourth-order valence-electron chi connectivity index (χ4n) is 3.00. The third-order valence-electron chi connectivity index (χ3n) is 4.19. The monoisotopic (exact) mass is 360 g/mol. The molecular formula is C19H24N2O5. The van der Waals surface area contributed by atoms with Crippen LogP contribution in [0.3, 0.4) is 0 Å². The first-order valence-electron chi connectivity index (χ1n) is 8.36. The number of carbonyl (C=O) groups excluding carboxylic acids is 2. The highest BCUT2D eigenvalue weighted by molar-refractivity contribution is 5.96. The highest BCUT2D eigenvalue weighted by Crippen LogP contribution is 2.38. The Balaban J connectivity index is 2.19. The minimum Gasteiger partial charge on any atom is -0.493 e. The largest absolute Gasteiger partial charge is 0.493 e. The molecule has 1 unspecified atom stereocenters. The molecule has 0 spiro atoms. The molecule has 1 atom stereocenters. The van der Waals surface area contributed by atoms with Crippen LogP contribution in [-0.2, 0) is 4.79 Å². The number of benzene rings is 1. The van der Waals surface area contributed by atoms with E-state index >= 15 is 0 Å². The maximum atomic E-state index is 12.9. The molecule has 1 aliphatic rings. The highest BCUT2D eigenvalue weighted by atomic mass is 16.5. The van der Waals surface area contributed by atoms with Gasteiger partial charge in [0.2, 0.25) is 5.75 Å². The number of amides is 2. The van der Waals surface area contributed by atoms with Gasteiger partial charge in [-0.05, 0) is 37.8 Å². The second-order valence-corrected chi connectivity index (χ2v) is 5.85. The molecule has 0 saturated carbocycles. The molecule has 1 aliphatic heterocycles. The van der Waals surface area contributed by atoms with Gasteiger partial charge in [0.25, 0.3) is 11.8 Å². The zero-order valence-electron chi connectivity index (χ0n) is 15.5. The van der Waals surface area contributed by atoms with Crippen LogP contribution in [0.2, 0.25) is 0 Å². The van der Waals surface area contributed by atoms with Crippen molar-refractivity contribution < 1.29 is 23.8 Å². The number of ether oxygens (including phenoxy) is 3. The summed E-state index contributed by atoms with van der Waals surface area (Å²) in [6, 6.07) is 3.16. The topological polar surface area (TPSA) is 77.1 Å². The minimum atomic E-state index is -0.320. The van der Waals surface area contributed by atoms with Gasteiger partial charge >= 0.3 is 0 Å². The number of carbonyl (C=O) groups is 2. The number of methoxy groups -OCH3 is 3. The van der Waals surface area contributed by atoms with Crippen molar-refractivity contribution in [3.8, 4) is 29.1 Å². The van der Waals surface area contributed by atoms with Gasteiger partial charge in [-0.1, -0.05) is 5.92 Å². The summed E-state index contributed by atoms with van der Waals surface area (Å²) < 4.78 is 15.9. The van der Waals surface area contributed by atoms with Crippen LogP contribution in [0.4, 0.5) is 0 Å². The summed E-state index contributed by atoms with van der Waals surface area (Å²) in [4.78, 5) is 26.3. The molecule has 2 rings (SSSR count). The summed E-state index contributed by atoms with van der Waals surface area (Å²) in [5, 5.41) is 2.84. The Morgan fingerprint density at radius 3 is 2.35 bits per heavy atom. The number of rotatable bonds is 5. The van der Waals surface area contributed by atoms with Crippen LogP contribution in [0, 0.1) is 11.8 Å². The number of hydrogen-bond donors (Lipinski definition) is 1. The highest BCUT2D eigenvalue weighted by Gasteiger charge is 2.27. The van der Waals surface area contributed by atoms with Crippen LogP contribution in [0.25, 0.3) is 0 Å².